The molecule has 210 valence electrons. The van der Waals surface area contributed by atoms with Gasteiger partial charge in [-0.05, 0) is 31.4 Å². The third-order valence-corrected chi connectivity index (χ3v) is 7.31. The molecule has 2 fully saturated rings. The largest absolute Gasteiger partial charge is 0.453 e. The fourth-order valence-corrected chi connectivity index (χ4v) is 4.99. The van der Waals surface area contributed by atoms with Crippen molar-refractivity contribution in [2.45, 2.75) is 43.8 Å². The maximum Gasteiger partial charge on any atom is 0.407 e. The molecule has 1 aliphatic carbocycles. The minimum atomic E-state index is -0.531. The predicted octanol–water partition coefficient (Wildman–Crippen LogP) is 2.65. The molecule has 14 nitrogen and oxygen atoms in total. The van der Waals surface area contributed by atoms with Gasteiger partial charge in [0.25, 0.3) is 0 Å². The molecule has 0 bridgehead atoms. The van der Waals surface area contributed by atoms with Gasteiger partial charge in [0.15, 0.2) is 17.2 Å². The van der Waals surface area contributed by atoms with Gasteiger partial charge in [-0.25, -0.2) is 9.78 Å². The molecule has 2 aromatic heterocycles. The zero-order chi connectivity index (χ0) is 28.9. The van der Waals surface area contributed by atoms with Crippen LogP contribution < -0.4 is 26.2 Å². The van der Waals surface area contributed by atoms with E-state index >= 15 is 0 Å². The second-order valence-electron chi connectivity index (χ2n) is 9.73. The molecular formula is C26H27ClN12O2. The first-order valence-electron chi connectivity index (χ1n) is 13.1. The van der Waals surface area contributed by atoms with Crippen molar-refractivity contribution in [3.63, 3.8) is 0 Å². The van der Waals surface area contributed by atoms with Gasteiger partial charge in [-0.3, -0.25) is 0 Å². The average molecular weight is 575 g/mol. The summed E-state index contributed by atoms with van der Waals surface area (Å²) in [6.07, 6.45) is 3.82. The van der Waals surface area contributed by atoms with Crippen molar-refractivity contribution in [3.8, 4) is 18.2 Å². The number of hydrogen-bond donors (Lipinski definition) is 4. The molecule has 1 saturated heterocycles. The van der Waals surface area contributed by atoms with Crippen LogP contribution in [0.4, 0.5) is 27.9 Å². The average Bonchev–Trinajstić information content (AvgIpc) is 3.70. The molecule has 4 N–H and O–H groups in total. The molecule has 2 aliphatic rings. The van der Waals surface area contributed by atoms with Gasteiger partial charge in [0, 0.05) is 38.1 Å². The summed E-state index contributed by atoms with van der Waals surface area (Å²) in [4.78, 5) is 22.8. The van der Waals surface area contributed by atoms with E-state index in [1.807, 2.05) is 4.90 Å². The van der Waals surface area contributed by atoms with Crippen LogP contribution in [0, 0.1) is 34.0 Å². The highest BCUT2D eigenvalue weighted by molar-refractivity contribution is 6.36. The number of nitrogens with one attached hydrogen (secondary N) is 4. The standard InChI is InChI=1S/C26H27ClN12O2/c1-41-26(40)35-18-5-8-38(14-20(18)31-7-2-6-28)21-10-15(11-29)9-19(22(21)27)34-25-36-23(33-16-3-4-16)24-32-13-17(12-30)39(24)37-25/h9-10,13,16,18,20,31H,2-5,7-8,14H2,1H3,(H,35,40)(H2,33,34,36,37)/t18-,20+/m0/s1. The normalized spacial score (nSPS) is 18.2. The maximum atomic E-state index is 11.9. The molecule has 0 radical (unpaired) electrons. The van der Waals surface area contributed by atoms with Crippen molar-refractivity contribution < 1.29 is 9.53 Å². The predicted molar refractivity (Wildman–Crippen MR) is 150 cm³/mol. The number of alkyl carbamates (subject to hydrolysis) is 1. The summed E-state index contributed by atoms with van der Waals surface area (Å²) in [5.74, 6) is 0.667. The van der Waals surface area contributed by atoms with Gasteiger partial charge in [-0.1, -0.05) is 11.6 Å². The quantitative estimate of drug-likeness (QED) is 0.273. The summed E-state index contributed by atoms with van der Waals surface area (Å²) in [6.45, 7) is 1.44. The van der Waals surface area contributed by atoms with Crippen molar-refractivity contribution in [3.05, 3.63) is 34.6 Å². The number of carbonyl (C=O) groups is 1. The zero-order valence-electron chi connectivity index (χ0n) is 22.2. The number of imidazole rings is 1. The lowest BCUT2D eigenvalue weighted by Crippen LogP contribution is -2.59. The minimum absolute atomic E-state index is 0.176. The number of rotatable bonds is 9. The van der Waals surface area contributed by atoms with E-state index in [9.17, 15) is 15.3 Å². The van der Waals surface area contributed by atoms with E-state index in [0.717, 1.165) is 12.8 Å². The van der Waals surface area contributed by atoms with Crippen LogP contribution in [-0.2, 0) is 4.74 Å². The van der Waals surface area contributed by atoms with Gasteiger partial charge < -0.3 is 30.9 Å². The second-order valence-corrected chi connectivity index (χ2v) is 10.1. The third kappa shape index (κ3) is 6.17. The van der Waals surface area contributed by atoms with Gasteiger partial charge >= 0.3 is 6.09 Å². The van der Waals surface area contributed by atoms with Crippen molar-refractivity contribution in [2.24, 2.45) is 0 Å². The summed E-state index contributed by atoms with van der Waals surface area (Å²) < 4.78 is 6.20. The number of nitriles is 3. The lowest BCUT2D eigenvalue weighted by molar-refractivity contribution is 0.160. The first kappa shape index (κ1) is 27.7. The first-order valence-corrected chi connectivity index (χ1v) is 13.4. The van der Waals surface area contributed by atoms with E-state index in [2.05, 4.69) is 54.5 Å². The van der Waals surface area contributed by atoms with E-state index < -0.39 is 6.09 Å². The molecule has 1 saturated carbocycles. The summed E-state index contributed by atoms with van der Waals surface area (Å²) in [7, 11) is 1.31. The zero-order valence-corrected chi connectivity index (χ0v) is 22.9. The molecule has 41 heavy (non-hydrogen) atoms. The van der Waals surface area contributed by atoms with Crippen LogP contribution in [0.5, 0.6) is 0 Å². The lowest BCUT2D eigenvalue weighted by atomic mass is 9.98. The van der Waals surface area contributed by atoms with Gasteiger partial charge in [0.2, 0.25) is 5.95 Å². The molecule has 0 spiro atoms. The Kier molecular flexibility index (Phi) is 8.20. The molecule has 3 aromatic rings. The molecule has 1 aliphatic heterocycles. The Morgan fingerprint density at radius 3 is 2.73 bits per heavy atom. The second kappa shape index (κ2) is 12.1. The van der Waals surface area contributed by atoms with E-state index in [1.54, 1.807) is 12.1 Å². The Morgan fingerprint density at radius 2 is 2.02 bits per heavy atom. The maximum absolute atomic E-state index is 11.9. The van der Waals surface area contributed by atoms with Crippen molar-refractivity contribution in [1.82, 2.24) is 30.2 Å². The van der Waals surface area contributed by atoms with Crippen LogP contribution in [0.1, 0.15) is 36.9 Å². The third-order valence-electron chi connectivity index (χ3n) is 6.91. The summed E-state index contributed by atoms with van der Waals surface area (Å²) >= 11 is 6.92. The Bertz CT molecular complexity index is 1580. The number of carbonyl (C=O) groups excluding carboxylic acids is 1. The molecular weight excluding hydrogens is 548 g/mol. The first-order chi connectivity index (χ1) is 19.9. The number of amides is 1. The van der Waals surface area contributed by atoms with Crippen molar-refractivity contribution in [2.75, 3.05) is 42.3 Å². The molecule has 2 atom stereocenters. The van der Waals surface area contributed by atoms with Crippen LogP contribution >= 0.6 is 11.6 Å². The van der Waals surface area contributed by atoms with Crippen LogP contribution in [0.3, 0.4) is 0 Å². The van der Waals surface area contributed by atoms with Gasteiger partial charge in [0.1, 0.15) is 6.07 Å². The molecule has 15 heteroatoms. The number of nitrogens with zero attached hydrogens (tertiary/aromatic N) is 8. The molecule has 3 heterocycles. The summed E-state index contributed by atoms with van der Waals surface area (Å²) in [5.41, 5.74) is 2.10. The summed E-state index contributed by atoms with van der Waals surface area (Å²) in [6, 6.07) is 9.55. The van der Waals surface area contributed by atoms with E-state index in [4.69, 9.17) is 21.6 Å². The topological polar surface area (TPSA) is 192 Å². The number of halogens is 1. The van der Waals surface area contributed by atoms with E-state index in [0.29, 0.717) is 65.9 Å². The fourth-order valence-electron chi connectivity index (χ4n) is 4.72. The number of hydrogen-bond acceptors (Lipinski definition) is 12. The van der Waals surface area contributed by atoms with Gasteiger partial charge in [-0.15, -0.1) is 5.10 Å². The molecule has 1 aromatic carbocycles. The highest BCUT2D eigenvalue weighted by Crippen LogP contribution is 2.37. The Balaban J connectivity index is 1.45. The van der Waals surface area contributed by atoms with E-state index in [1.165, 1.54) is 17.8 Å². The number of ether oxygens (including phenoxy) is 1. The SMILES string of the molecule is COC(=O)N[C@H]1CCN(c2cc(C#N)cc(Nc3nc(NC4CC4)c4ncc(C#N)n4n3)c2Cl)C[C@H]1NCCC#N. The smallest absolute Gasteiger partial charge is 0.407 e. The Morgan fingerprint density at radius 1 is 1.20 bits per heavy atom. The van der Waals surface area contributed by atoms with Crippen molar-refractivity contribution in [1.29, 1.82) is 15.8 Å². The number of fused-ring (bicyclic) bond motifs is 1. The van der Waals surface area contributed by atoms with Crippen LogP contribution in [0.25, 0.3) is 5.65 Å². The lowest BCUT2D eigenvalue weighted by Gasteiger charge is -2.40. The monoisotopic (exact) mass is 574 g/mol. The minimum Gasteiger partial charge on any atom is -0.453 e. The number of anilines is 4. The number of benzene rings is 1. The fraction of sp³-hybridized carbons (Fsp3) is 0.423. The van der Waals surface area contributed by atoms with Crippen LogP contribution in [-0.4, -0.2) is 70.5 Å². The Labute approximate surface area is 240 Å². The number of methoxy groups -OCH3 is 1. The van der Waals surface area contributed by atoms with Gasteiger partial charge in [-0.2, -0.15) is 25.3 Å². The van der Waals surface area contributed by atoms with Crippen LogP contribution in [0.15, 0.2) is 18.3 Å². The number of aromatic nitrogens is 4. The summed E-state index contributed by atoms with van der Waals surface area (Å²) in [5, 5.41) is 45.8. The molecule has 1 amide bonds. The molecule has 0 unspecified atom stereocenters. The van der Waals surface area contributed by atoms with Crippen molar-refractivity contribution >= 4 is 46.5 Å². The number of piperidine rings is 1. The Hall–Kier alpha value is -4.84. The highest BCUT2D eigenvalue weighted by atomic mass is 35.5. The van der Waals surface area contributed by atoms with Gasteiger partial charge in [0.05, 0.1) is 53.4 Å². The van der Waals surface area contributed by atoms with Crippen LogP contribution in [0.2, 0.25) is 5.02 Å². The molecule has 5 rings (SSSR count). The van der Waals surface area contributed by atoms with E-state index in [-0.39, 0.29) is 29.8 Å². The highest BCUT2D eigenvalue weighted by Gasteiger charge is 2.32.